The number of para-hydroxylation sites is 1. The van der Waals surface area contributed by atoms with Crippen LogP contribution in [-0.2, 0) is 16.1 Å². The lowest BCUT2D eigenvalue weighted by Gasteiger charge is -2.11. The Labute approximate surface area is 169 Å². The number of methoxy groups -OCH3 is 1. The zero-order valence-electron chi connectivity index (χ0n) is 16.1. The zero-order chi connectivity index (χ0) is 20.5. The standard InChI is InChI=1S/C23H22N2O4/c1-28-23(27)20-9-5-6-10-21(20)25-22(26)15-24-18-11-13-19(14-12-18)29-16-17-7-3-2-4-8-17/h2-14,24H,15-16H2,1H3,(H,25,26). The van der Waals surface area contributed by atoms with E-state index in [-0.39, 0.29) is 12.5 Å². The van der Waals surface area contributed by atoms with E-state index in [9.17, 15) is 9.59 Å². The molecule has 1 amide bonds. The molecule has 2 N–H and O–H groups in total. The zero-order valence-corrected chi connectivity index (χ0v) is 16.1. The van der Waals surface area contributed by atoms with E-state index in [0.29, 0.717) is 17.9 Å². The third kappa shape index (κ3) is 5.84. The van der Waals surface area contributed by atoms with Gasteiger partial charge in [0.25, 0.3) is 0 Å². The van der Waals surface area contributed by atoms with Crippen LogP contribution < -0.4 is 15.4 Å². The highest BCUT2D eigenvalue weighted by atomic mass is 16.5. The minimum atomic E-state index is -0.500. The van der Waals surface area contributed by atoms with E-state index in [0.717, 1.165) is 17.0 Å². The van der Waals surface area contributed by atoms with Crippen LogP contribution in [0.15, 0.2) is 78.9 Å². The molecule has 0 radical (unpaired) electrons. The van der Waals surface area contributed by atoms with Crippen LogP contribution in [0.5, 0.6) is 5.75 Å². The highest BCUT2D eigenvalue weighted by Crippen LogP contribution is 2.18. The predicted octanol–water partition coefficient (Wildman–Crippen LogP) is 4.10. The van der Waals surface area contributed by atoms with Crippen molar-refractivity contribution in [3.8, 4) is 5.75 Å². The van der Waals surface area contributed by atoms with E-state index < -0.39 is 5.97 Å². The predicted molar refractivity (Wildman–Crippen MR) is 112 cm³/mol. The maximum absolute atomic E-state index is 12.2. The molecule has 0 atom stereocenters. The van der Waals surface area contributed by atoms with Gasteiger partial charge in [-0.25, -0.2) is 4.79 Å². The molecule has 3 aromatic carbocycles. The van der Waals surface area contributed by atoms with E-state index >= 15 is 0 Å². The maximum atomic E-state index is 12.2. The minimum Gasteiger partial charge on any atom is -0.489 e. The molecule has 6 nitrogen and oxygen atoms in total. The molecule has 6 heteroatoms. The van der Waals surface area contributed by atoms with Crippen LogP contribution in [0.25, 0.3) is 0 Å². The van der Waals surface area contributed by atoms with Crippen molar-refractivity contribution in [3.05, 3.63) is 90.0 Å². The molecule has 0 saturated heterocycles. The van der Waals surface area contributed by atoms with Crippen molar-refractivity contribution in [1.82, 2.24) is 0 Å². The lowest BCUT2D eigenvalue weighted by atomic mass is 10.2. The Hall–Kier alpha value is -3.80. The molecule has 0 aliphatic carbocycles. The summed E-state index contributed by atoms with van der Waals surface area (Å²) in [7, 11) is 1.30. The summed E-state index contributed by atoms with van der Waals surface area (Å²) in [6, 6.07) is 24.0. The molecule has 0 bridgehead atoms. The van der Waals surface area contributed by atoms with Crippen LogP contribution in [0.1, 0.15) is 15.9 Å². The Bertz CT molecular complexity index is 956. The van der Waals surface area contributed by atoms with Crippen LogP contribution in [0.3, 0.4) is 0 Å². The molecule has 0 heterocycles. The number of amides is 1. The number of esters is 1. The molecule has 0 spiro atoms. The van der Waals surface area contributed by atoms with Gasteiger partial charge in [-0.1, -0.05) is 42.5 Å². The van der Waals surface area contributed by atoms with Crippen LogP contribution >= 0.6 is 0 Å². The van der Waals surface area contributed by atoms with Crippen LogP contribution in [0, 0.1) is 0 Å². The molecule has 0 aromatic heterocycles. The first-order chi connectivity index (χ1) is 14.2. The SMILES string of the molecule is COC(=O)c1ccccc1NC(=O)CNc1ccc(OCc2ccccc2)cc1. The highest BCUT2D eigenvalue weighted by Gasteiger charge is 2.13. The molecule has 0 saturated carbocycles. The minimum absolute atomic E-state index is 0.0553. The summed E-state index contributed by atoms with van der Waals surface area (Å²) < 4.78 is 10.5. The lowest BCUT2D eigenvalue weighted by molar-refractivity contribution is -0.114. The third-order valence-corrected chi connectivity index (χ3v) is 4.16. The first-order valence-corrected chi connectivity index (χ1v) is 9.13. The van der Waals surface area contributed by atoms with Crippen LogP contribution in [0.4, 0.5) is 11.4 Å². The second kappa shape index (κ2) is 9.94. The molecule has 148 valence electrons. The van der Waals surface area contributed by atoms with Gasteiger partial charge in [0.1, 0.15) is 12.4 Å². The second-order valence-corrected chi connectivity index (χ2v) is 6.24. The monoisotopic (exact) mass is 390 g/mol. The third-order valence-electron chi connectivity index (χ3n) is 4.16. The average molecular weight is 390 g/mol. The summed E-state index contributed by atoms with van der Waals surface area (Å²) >= 11 is 0. The Kier molecular flexibility index (Phi) is 6.84. The van der Waals surface area contributed by atoms with Crippen molar-refractivity contribution in [2.45, 2.75) is 6.61 Å². The van der Waals surface area contributed by atoms with Gasteiger partial charge in [0.05, 0.1) is 24.9 Å². The van der Waals surface area contributed by atoms with E-state index in [4.69, 9.17) is 9.47 Å². The number of carbonyl (C=O) groups is 2. The van der Waals surface area contributed by atoms with Gasteiger partial charge in [0.15, 0.2) is 0 Å². The van der Waals surface area contributed by atoms with E-state index in [1.807, 2.05) is 54.6 Å². The summed E-state index contributed by atoms with van der Waals surface area (Å²) in [4.78, 5) is 24.0. The Morgan fingerprint density at radius 2 is 1.55 bits per heavy atom. The summed E-state index contributed by atoms with van der Waals surface area (Å²) in [5, 5.41) is 5.76. The average Bonchev–Trinajstić information content (AvgIpc) is 2.77. The van der Waals surface area contributed by atoms with Crippen LogP contribution in [-0.4, -0.2) is 25.5 Å². The summed E-state index contributed by atoms with van der Waals surface area (Å²) in [5.41, 5.74) is 2.60. The first-order valence-electron chi connectivity index (χ1n) is 9.13. The number of anilines is 2. The molecular weight excluding hydrogens is 368 g/mol. The van der Waals surface area contributed by atoms with Gasteiger partial charge in [-0.2, -0.15) is 0 Å². The van der Waals surface area contributed by atoms with Gasteiger partial charge in [0, 0.05) is 5.69 Å². The van der Waals surface area contributed by atoms with E-state index in [1.165, 1.54) is 7.11 Å². The Balaban J connectivity index is 1.50. The van der Waals surface area contributed by atoms with Crippen LogP contribution in [0.2, 0.25) is 0 Å². The van der Waals surface area contributed by atoms with Crippen molar-refractivity contribution >= 4 is 23.3 Å². The van der Waals surface area contributed by atoms with Crippen molar-refractivity contribution < 1.29 is 19.1 Å². The molecule has 0 aliphatic rings. The molecule has 0 unspecified atom stereocenters. The lowest BCUT2D eigenvalue weighted by Crippen LogP contribution is -2.23. The maximum Gasteiger partial charge on any atom is 0.339 e. The van der Waals surface area contributed by atoms with E-state index in [1.54, 1.807) is 24.3 Å². The topological polar surface area (TPSA) is 76.7 Å². The normalized spacial score (nSPS) is 10.1. The van der Waals surface area contributed by atoms with Gasteiger partial charge >= 0.3 is 5.97 Å². The summed E-state index contributed by atoms with van der Waals surface area (Å²) in [6.07, 6.45) is 0. The number of carbonyl (C=O) groups excluding carboxylic acids is 2. The van der Waals surface area contributed by atoms with Gasteiger partial charge in [-0.15, -0.1) is 0 Å². The quantitative estimate of drug-likeness (QED) is 0.566. The molecular formula is C23H22N2O4. The van der Waals surface area contributed by atoms with Gasteiger partial charge < -0.3 is 20.1 Å². The van der Waals surface area contributed by atoms with Gasteiger partial charge in [-0.3, -0.25) is 4.79 Å². The van der Waals surface area contributed by atoms with Crippen molar-refractivity contribution in [2.24, 2.45) is 0 Å². The fourth-order valence-corrected chi connectivity index (χ4v) is 2.67. The van der Waals surface area contributed by atoms with Crippen molar-refractivity contribution in [1.29, 1.82) is 0 Å². The number of ether oxygens (including phenoxy) is 2. The van der Waals surface area contributed by atoms with E-state index in [2.05, 4.69) is 10.6 Å². The fraction of sp³-hybridized carbons (Fsp3) is 0.130. The molecule has 0 aliphatic heterocycles. The Morgan fingerprint density at radius 1 is 0.862 bits per heavy atom. The van der Waals surface area contributed by atoms with Crippen molar-refractivity contribution in [2.75, 3.05) is 24.3 Å². The number of nitrogens with one attached hydrogen (secondary N) is 2. The van der Waals surface area contributed by atoms with Gasteiger partial charge in [0.2, 0.25) is 5.91 Å². The van der Waals surface area contributed by atoms with Gasteiger partial charge in [-0.05, 0) is 42.0 Å². The Morgan fingerprint density at radius 3 is 2.28 bits per heavy atom. The molecule has 0 fully saturated rings. The largest absolute Gasteiger partial charge is 0.489 e. The fourth-order valence-electron chi connectivity index (χ4n) is 2.67. The molecule has 29 heavy (non-hydrogen) atoms. The number of hydrogen-bond acceptors (Lipinski definition) is 5. The first kappa shape index (κ1) is 19.9. The molecule has 3 aromatic rings. The number of hydrogen-bond donors (Lipinski definition) is 2. The molecule has 3 rings (SSSR count). The summed E-state index contributed by atoms with van der Waals surface area (Å²) in [6.45, 7) is 0.551. The van der Waals surface area contributed by atoms with Crippen molar-refractivity contribution in [3.63, 3.8) is 0 Å². The summed E-state index contributed by atoms with van der Waals surface area (Å²) in [5.74, 6) is -0.0263. The smallest absolute Gasteiger partial charge is 0.339 e. The number of rotatable bonds is 8. The number of benzene rings is 3. The highest BCUT2D eigenvalue weighted by molar-refractivity contribution is 6.02. The second-order valence-electron chi connectivity index (χ2n) is 6.24.